The van der Waals surface area contributed by atoms with Crippen molar-refractivity contribution in [3.8, 4) is 0 Å². The van der Waals surface area contributed by atoms with E-state index in [2.05, 4.69) is 10.2 Å². The third-order valence-corrected chi connectivity index (χ3v) is 1.92. The Hall–Kier alpha value is -2.15. The SMILES string of the molecule is NC(N)=NN=Cc1c(Cl)cccc1[N+](=O)[O-]. The zero-order chi connectivity index (χ0) is 12.1. The van der Waals surface area contributed by atoms with Gasteiger partial charge in [-0.15, -0.1) is 5.10 Å². The highest BCUT2D eigenvalue weighted by molar-refractivity contribution is 6.33. The van der Waals surface area contributed by atoms with E-state index in [9.17, 15) is 10.1 Å². The van der Waals surface area contributed by atoms with Crippen LogP contribution in [0.2, 0.25) is 5.02 Å². The minimum absolute atomic E-state index is 0.152. The van der Waals surface area contributed by atoms with E-state index in [4.69, 9.17) is 23.1 Å². The first-order chi connectivity index (χ1) is 7.52. The molecule has 7 nitrogen and oxygen atoms in total. The Bertz CT molecular complexity index is 467. The second kappa shape index (κ2) is 5.08. The molecule has 1 rings (SSSR count). The van der Waals surface area contributed by atoms with Crippen LogP contribution >= 0.6 is 11.6 Å². The zero-order valence-electron chi connectivity index (χ0n) is 8.00. The molecule has 0 saturated heterocycles. The Labute approximate surface area is 95.6 Å². The lowest BCUT2D eigenvalue weighted by molar-refractivity contribution is -0.385. The van der Waals surface area contributed by atoms with E-state index in [0.29, 0.717) is 0 Å². The molecular weight excluding hydrogens is 234 g/mol. The normalized spacial score (nSPS) is 10.3. The highest BCUT2D eigenvalue weighted by atomic mass is 35.5. The number of nitro benzene ring substituents is 1. The summed E-state index contributed by atoms with van der Waals surface area (Å²) in [5.74, 6) is -0.244. The van der Waals surface area contributed by atoms with Crippen molar-refractivity contribution < 1.29 is 4.92 Å². The maximum absolute atomic E-state index is 10.7. The molecule has 0 aliphatic heterocycles. The number of guanidine groups is 1. The fourth-order valence-electron chi connectivity index (χ4n) is 0.966. The van der Waals surface area contributed by atoms with Gasteiger partial charge in [0.1, 0.15) is 0 Å². The van der Waals surface area contributed by atoms with E-state index < -0.39 is 4.92 Å². The van der Waals surface area contributed by atoms with Crippen LogP contribution in [0.5, 0.6) is 0 Å². The molecule has 0 fully saturated rings. The van der Waals surface area contributed by atoms with E-state index in [1.165, 1.54) is 18.2 Å². The van der Waals surface area contributed by atoms with Gasteiger partial charge in [0, 0.05) is 6.07 Å². The molecular formula is C8H8ClN5O2. The van der Waals surface area contributed by atoms with E-state index in [1.807, 2.05) is 0 Å². The first kappa shape index (κ1) is 11.9. The highest BCUT2D eigenvalue weighted by Crippen LogP contribution is 2.24. The van der Waals surface area contributed by atoms with Gasteiger partial charge < -0.3 is 11.5 Å². The molecule has 8 heteroatoms. The molecule has 16 heavy (non-hydrogen) atoms. The number of nitro groups is 1. The molecule has 0 unspecified atom stereocenters. The zero-order valence-corrected chi connectivity index (χ0v) is 8.76. The summed E-state index contributed by atoms with van der Waals surface area (Å²) in [6.07, 6.45) is 1.13. The number of hydrogen-bond acceptors (Lipinski definition) is 4. The minimum atomic E-state index is -0.567. The molecule has 0 aliphatic carbocycles. The Morgan fingerprint density at radius 1 is 1.50 bits per heavy atom. The summed E-state index contributed by atoms with van der Waals surface area (Å²) >= 11 is 5.78. The number of rotatable bonds is 3. The lowest BCUT2D eigenvalue weighted by Gasteiger charge is -1.98. The number of halogens is 1. The van der Waals surface area contributed by atoms with Gasteiger partial charge in [0.25, 0.3) is 5.69 Å². The van der Waals surface area contributed by atoms with Gasteiger partial charge in [-0.3, -0.25) is 10.1 Å². The summed E-state index contributed by atoms with van der Waals surface area (Å²) in [5.41, 5.74) is 10.1. The van der Waals surface area contributed by atoms with Crippen LogP contribution in [-0.2, 0) is 0 Å². The van der Waals surface area contributed by atoms with Crippen LogP contribution in [0.4, 0.5) is 5.69 Å². The summed E-state index contributed by atoms with van der Waals surface area (Å²) in [6, 6.07) is 4.28. The van der Waals surface area contributed by atoms with Crippen molar-refractivity contribution >= 4 is 29.5 Å². The maximum atomic E-state index is 10.7. The van der Waals surface area contributed by atoms with Crippen LogP contribution < -0.4 is 11.5 Å². The van der Waals surface area contributed by atoms with Crippen molar-refractivity contribution in [3.63, 3.8) is 0 Å². The third kappa shape index (κ3) is 2.92. The molecule has 0 heterocycles. The van der Waals surface area contributed by atoms with Gasteiger partial charge in [-0.2, -0.15) is 5.10 Å². The van der Waals surface area contributed by atoms with Gasteiger partial charge in [-0.25, -0.2) is 0 Å². The van der Waals surface area contributed by atoms with Crippen molar-refractivity contribution in [3.05, 3.63) is 38.9 Å². The van der Waals surface area contributed by atoms with Gasteiger partial charge in [0.2, 0.25) is 5.96 Å². The fraction of sp³-hybridized carbons (Fsp3) is 0. The largest absolute Gasteiger partial charge is 0.369 e. The molecule has 0 amide bonds. The molecule has 1 aromatic rings. The Kier molecular flexibility index (Phi) is 3.78. The van der Waals surface area contributed by atoms with E-state index in [1.54, 1.807) is 0 Å². The predicted octanol–water partition coefficient (Wildman–Crippen LogP) is 0.856. The molecule has 0 radical (unpaired) electrons. The molecule has 0 bridgehead atoms. The van der Waals surface area contributed by atoms with Crippen LogP contribution in [0, 0.1) is 10.1 Å². The van der Waals surface area contributed by atoms with Crippen LogP contribution in [0.3, 0.4) is 0 Å². The average Bonchev–Trinajstić information content (AvgIpc) is 2.19. The number of nitrogens with zero attached hydrogens (tertiary/aromatic N) is 3. The smallest absolute Gasteiger partial charge is 0.279 e. The molecule has 1 aromatic carbocycles. The van der Waals surface area contributed by atoms with Gasteiger partial charge in [-0.05, 0) is 6.07 Å². The Morgan fingerprint density at radius 3 is 2.75 bits per heavy atom. The second-order valence-corrected chi connectivity index (χ2v) is 3.11. The number of hydrogen-bond donors (Lipinski definition) is 2. The average molecular weight is 242 g/mol. The predicted molar refractivity (Wildman–Crippen MR) is 61.5 cm³/mol. The van der Waals surface area contributed by atoms with Gasteiger partial charge in [0.15, 0.2) is 0 Å². The Balaban J connectivity index is 3.16. The van der Waals surface area contributed by atoms with Crippen LogP contribution in [0.15, 0.2) is 28.4 Å². The van der Waals surface area contributed by atoms with Crippen LogP contribution in [-0.4, -0.2) is 17.1 Å². The van der Waals surface area contributed by atoms with E-state index in [0.717, 1.165) is 6.21 Å². The highest BCUT2D eigenvalue weighted by Gasteiger charge is 2.14. The molecule has 0 atom stereocenters. The Morgan fingerprint density at radius 2 is 2.19 bits per heavy atom. The number of benzene rings is 1. The van der Waals surface area contributed by atoms with Crippen molar-refractivity contribution in [2.75, 3.05) is 0 Å². The summed E-state index contributed by atoms with van der Waals surface area (Å²) in [5, 5.41) is 17.7. The molecule has 0 saturated carbocycles. The van der Waals surface area contributed by atoms with Crippen molar-refractivity contribution in [2.24, 2.45) is 21.7 Å². The first-order valence-electron chi connectivity index (χ1n) is 4.07. The molecule has 0 aromatic heterocycles. The van der Waals surface area contributed by atoms with Crippen molar-refractivity contribution in [1.29, 1.82) is 0 Å². The fourth-order valence-corrected chi connectivity index (χ4v) is 1.18. The topological polar surface area (TPSA) is 120 Å². The van der Waals surface area contributed by atoms with Crippen molar-refractivity contribution in [2.45, 2.75) is 0 Å². The maximum Gasteiger partial charge on any atom is 0.279 e. The van der Waals surface area contributed by atoms with Gasteiger partial charge >= 0.3 is 0 Å². The molecule has 4 N–H and O–H groups in total. The standard InChI is InChI=1S/C8H8ClN5O2/c9-6-2-1-3-7(14(15)16)5(6)4-12-13-8(10)11/h1-4H,(H4,10,11,13). The van der Waals surface area contributed by atoms with Crippen LogP contribution in [0.1, 0.15) is 5.56 Å². The quantitative estimate of drug-likeness (QED) is 0.353. The molecule has 0 aliphatic rings. The molecule has 84 valence electrons. The monoisotopic (exact) mass is 241 g/mol. The third-order valence-electron chi connectivity index (χ3n) is 1.59. The van der Waals surface area contributed by atoms with Crippen LogP contribution in [0.25, 0.3) is 0 Å². The van der Waals surface area contributed by atoms with Gasteiger partial charge in [-0.1, -0.05) is 17.7 Å². The first-order valence-corrected chi connectivity index (χ1v) is 4.45. The molecule has 0 spiro atoms. The number of nitrogens with two attached hydrogens (primary N) is 2. The summed E-state index contributed by atoms with van der Waals surface area (Å²) in [7, 11) is 0. The minimum Gasteiger partial charge on any atom is -0.369 e. The summed E-state index contributed by atoms with van der Waals surface area (Å²) in [6.45, 7) is 0. The van der Waals surface area contributed by atoms with Crippen molar-refractivity contribution in [1.82, 2.24) is 0 Å². The summed E-state index contributed by atoms with van der Waals surface area (Å²) < 4.78 is 0. The van der Waals surface area contributed by atoms with E-state index >= 15 is 0 Å². The lowest BCUT2D eigenvalue weighted by atomic mass is 10.2. The summed E-state index contributed by atoms with van der Waals surface area (Å²) in [4.78, 5) is 10.1. The van der Waals surface area contributed by atoms with E-state index in [-0.39, 0.29) is 22.2 Å². The van der Waals surface area contributed by atoms with Gasteiger partial charge in [0.05, 0.1) is 21.7 Å². The lowest BCUT2D eigenvalue weighted by Crippen LogP contribution is -2.21. The second-order valence-electron chi connectivity index (χ2n) is 2.70.